The Labute approximate surface area is 185 Å². The maximum atomic E-state index is 13.0. The highest BCUT2D eigenvalue weighted by molar-refractivity contribution is 5.85. The van der Waals surface area contributed by atoms with E-state index in [1.54, 1.807) is 17.0 Å². The zero-order chi connectivity index (χ0) is 22.3. The Hall–Kier alpha value is -3.75. The molecule has 32 heavy (non-hydrogen) atoms. The fourth-order valence-corrected chi connectivity index (χ4v) is 3.52. The number of carbonyl (C=O) groups excluding carboxylic acids is 2. The molecule has 1 N–H and O–H groups in total. The Morgan fingerprint density at radius 2 is 1.72 bits per heavy atom. The second-order valence-electron chi connectivity index (χ2n) is 7.50. The van der Waals surface area contributed by atoms with E-state index in [1.807, 2.05) is 18.2 Å². The molecular weight excluding hydrogens is 413 g/mol. The summed E-state index contributed by atoms with van der Waals surface area (Å²) in [6, 6.07) is 15.8. The van der Waals surface area contributed by atoms with Gasteiger partial charge in [0.2, 0.25) is 23.5 Å². The summed E-state index contributed by atoms with van der Waals surface area (Å²) in [7, 11) is 0. The minimum atomic E-state index is -0.346. The molecule has 0 bridgehead atoms. The Morgan fingerprint density at radius 1 is 1.00 bits per heavy atom. The van der Waals surface area contributed by atoms with Crippen LogP contribution in [-0.4, -0.2) is 59.6 Å². The van der Waals surface area contributed by atoms with Crippen LogP contribution in [0.2, 0.25) is 0 Å². The third kappa shape index (κ3) is 5.48. The van der Waals surface area contributed by atoms with Gasteiger partial charge in [-0.1, -0.05) is 23.4 Å². The lowest BCUT2D eigenvalue weighted by Crippen LogP contribution is -2.51. The van der Waals surface area contributed by atoms with E-state index in [0.29, 0.717) is 30.4 Å². The van der Waals surface area contributed by atoms with Gasteiger partial charge in [-0.2, -0.15) is 4.98 Å². The lowest BCUT2D eigenvalue weighted by molar-refractivity contribution is -0.133. The molecule has 0 atom stereocenters. The normalized spacial score (nSPS) is 13.8. The average Bonchev–Trinajstić information content (AvgIpc) is 3.31. The quantitative estimate of drug-likeness (QED) is 0.610. The van der Waals surface area contributed by atoms with Gasteiger partial charge in [0.15, 0.2) is 0 Å². The van der Waals surface area contributed by atoms with Crippen LogP contribution in [0.3, 0.4) is 0 Å². The van der Waals surface area contributed by atoms with Crippen LogP contribution in [0.15, 0.2) is 59.1 Å². The fraction of sp³-hybridized carbons (Fsp3) is 0.304. The molecule has 9 heteroatoms. The van der Waals surface area contributed by atoms with E-state index in [4.69, 9.17) is 4.52 Å². The van der Waals surface area contributed by atoms with Crippen LogP contribution in [0.25, 0.3) is 11.4 Å². The van der Waals surface area contributed by atoms with Crippen molar-refractivity contribution in [2.45, 2.75) is 12.8 Å². The highest BCUT2D eigenvalue weighted by Gasteiger charge is 2.21. The standard InChI is InChI=1S/C23H24FN5O3/c24-18-8-6-17(7-9-18)23-26-21(32-27-23)11-10-20(30)25-16-22(31)29-14-12-28(13-15-29)19-4-2-1-3-5-19/h1-9H,10-16H2,(H,25,30). The van der Waals surface area contributed by atoms with E-state index in [1.165, 1.54) is 12.1 Å². The monoisotopic (exact) mass is 437 g/mol. The first-order valence-electron chi connectivity index (χ1n) is 10.5. The summed E-state index contributed by atoms with van der Waals surface area (Å²) >= 11 is 0. The van der Waals surface area contributed by atoms with Crippen LogP contribution < -0.4 is 10.2 Å². The van der Waals surface area contributed by atoms with Gasteiger partial charge < -0.3 is 19.6 Å². The van der Waals surface area contributed by atoms with E-state index >= 15 is 0 Å². The molecule has 1 fully saturated rings. The Morgan fingerprint density at radius 3 is 2.44 bits per heavy atom. The van der Waals surface area contributed by atoms with Gasteiger partial charge in [-0.05, 0) is 36.4 Å². The van der Waals surface area contributed by atoms with E-state index < -0.39 is 0 Å². The average molecular weight is 437 g/mol. The van der Waals surface area contributed by atoms with Crippen molar-refractivity contribution < 1.29 is 18.5 Å². The predicted molar refractivity (Wildman–Crippen MR) is 116 cm³/mol. The first-order valence-corrected chi connectivity index (χ1v) is 10.5. The number of amides is 2. The molecule has 0 saturated carbocycles. The molecule has 1 aromatic heterocycles. The molecule has 1 aliphatic heterocycles. The topological polar surface area (TPSA) is 91.6 Å². The summed E-state index contributed by atoms with van der Waals surface area (Å²) in [5, 5.41) is 6.51. The zero-order valence-electron chi connectivity index (χ0n) is 17.5. The first kappa shape index (κ1) is 21.5. The Bertz CT molecular complexity index is 1050. The van der Waals surface area contributed by atoms with Gasteiger partial charge in [0.05, 0.1) is 6.54 Å². The molecule has 3 aromatic rings. The van der Waals surface area contributed by atoms with Gasteiger partial charge in [0.25, 0.3) is 0 Å². The number of hydrogen-bond acceptors (Lipinski definition) is 6. The van der Waals surface area contributed by atoms with Crippen LogP contribution in [0.1, 0.15) is 12.3 Å². The number of nitrogens with zero attached hydrogens (tertiary/aromatic N) is 4. The summed E-state index contributed by atoms with van der Waals surface area (Å²) in [5.41, 5.74) is 1.78. The number of para-hydroxylation sites is 1. The number of anilines is 1. The van der Waals surface area contributed by atoms with E-state index in [0.717, 1.165) is 18.8 Å². The molecule has 2 heterocycles. The van der Waals surface area contributed by atoms with Crippen molar-refractivity contribution in [2.24, 2.45) is 0 Å². The number of benzene rings is 2. The predicted octanol–water partition coefficient (Wildman–Crippen LogP) is 2.27. The lowest BCUT2D eigenvalue weighted by Gasteiger charge is -2.36. The highest BCUT2D eigenvalue weighted by atomic mass is 19.1. The lowest BCUT2D eigenvalue weighted by atomic mass is 10.2. The largest absolute Gasteiger partial charge is 0.368 e. The maximum absolute atomic E-state index is 13.0. The van der Waals surface area contributed by atoms with Gasteiger partial charge >= 0.3 is 0 Å². The number of halogens is 1. The van der Waals surface area contributed by atoms with E-state index in [2.05, 4.69) is 32.5 Å². The minimum Gasteiger partial charge on any atom is -0.368 e. The van der Waals surface area contributed by atoms with Crippen molar-refractivity contribution in [3.05, 3.63) is 66.3 Å². The number of carbonyl (C=O) groups is 2. The molecular formula is C23H24FN5O3. The molecule has 1 saturated heterocycles. The van der Waals surface area contributed by atoms with Gasteiger partial charge in [-0.3, -0.25) is 9.59 Å². The zero-order valence-corrected chi connectivity index (χ0v) is 17.5. The number of rotatable bonds is 7. The number of hydrogen-bond donors (Lipinski definition) is 1. The molecule has 0 unspecified atom stereocenters. The summed E-state index contributed by atoms with van der Waals surface area (Å²) in [6.07, 6.45) is 0.379. The van der Waals surface area contributed by atoms with E-state index in [9.17, 15) is 14.0 Å². The SMILES string of the molecule is O=C(CCc1nc(-c2ccc(F)cc2)no1)NCC(=O)N1CCN(c2ccccc2)CC1. The van der Waals surface area contributed by atoms with Crippen molar-refractivity contribution in [3.8, 4) is 11.4 Å². The van der Waals surface area contributed by atoms with Gasteiger partial charge in [-0.25, -0.2) is 4.39 Å². The molecule has 0 radical (unpaired) electrons. The molecule has 8 nitrogen and oxygen atoms in total. The summed E-state index contributed by atoms with van der Waals surface area (Å²) in [6.45, 7) is 2.73. The minimum absolute atomic E-state index is 0.0329. The van der Waals surface area contributed by atoms with Crippen LogP contribution in [0.5, 0.6) is 0 Å². The third-order valence-corrected chi connectivity index (χ3v) is 5.33. The Kier molecular flexibility index (Phi) is 6.74. The molecule has 4 rings (SSSR count). The van der Waals surface area contributed by atoms with Crippen LogP contribution in [0.4, 0.5) is 10.1 Å². The van der Waals surface area contributed by atoms with Gasteiger partial charge in [0.1, 0.15) is 5.82 Å². The van der Waals surface area contributed by atoms with Crippen LogP contribution >= 0.6 is 0 Å². The number of aromatic nitrogens is 2. The molecule has 166 valence electrons. The van der Waals surface area contributed by atoms with Crippen LogP contribution in [-0.2, 0) is 16.0 Å². The Balaban J connectivity index is 1.18. The molecule has 0 aliphatic carbocycles. The highest BCUT2D eigenvalue weighted by Crippen LogP contribution is 2.17. The van der Waals surface area contributed by atoms with Crippen molar-refractivity contribution >= 4 is 17.5 Å². The van der Waals surface area contributed by atoms with Crippen molar-refractivity contribution in [2.75, 3.05) is 37.6 Å². The van der Waals surface area contributed by atoms with Gasteiger partial charge in [0, 0.05) is 50.3 Å². The summed E-state index contributed by atoms with van der Waals surface area (Å²) < 4.78 is 18.2. The first-order chi connectivity index (χ1) is 15.6. The molecule has 0 spiro atoms. The smallest absolute Gasteiger partial charge is 0.242 e. The molecule has 2 amide bonds. The molecule has 2 aromatic carbocycles. The number of piperazine rings is 1. The number of nitrogens with one attached hydrogen (secondary N) is 1. The van der Waals surface area contributed by atoms with Crippen molar-refractivity contribution in [3.63, 3.8) is 0 Å². The second-order valence-corrected chi connectivity index (χ2v) is 7.50. The van der Waals surface area contributed by atoms with Crippen molar-refractivity contribution in [1.82, 2.24) is 20.4 Å². The maximum Gasteiger partial charge on any atom is 0.242 e. The number of aryl methyl sites for hydroxylation is 1. The van der Waals surface area contributed by atoms with Gasteiger partial charge in [-0.15, -0.1) is 0 Å². The third-order valence-electron chi connectivity index (χ3n) is 5.33. The molecule has 1 aliphatic rings. The van der Waals surface area contributed by atoms with Crippen molar-refractivity contribution in [1.29, 1.82) is 0 Å². The van der Waals surface area contributed by atoms with E-state index in [-0.39, 0.29) is 37.0 Å². The van der Waals surface area contributed by atoms with Crippen LogP contribution in [0, 0.1) is 5.82 Å². The fourth-order valence-electron chi connectivity index (χ4n) is 3.52. The second kappa shape index (κ2) is 10.0. The summed E-state index contributed by atoms with van der Waals surface area (Å²) in [4.78, 5) is 32.8. The summed E-state index contributed by atoms with van der Waals surface area (Å²) in [5.74, 6) is -0.0555.